The number of sulfonamides is 1. The van der Waals surface area contributed by atoms with Crippen molar-refractivity contribution in [2.24, 2.45) is 5.73 Å². The molecule has 0 aliphatic carbocycles. The number of anilines is 1. The van der Waals surface area contributed by atoms with Crippen molar-refractivity contribution in [1.29, 1.82) is 0 Å². The third-order valence-electron chi connectivity index (χ3n) is 2.80. The molecule has 5 nitrogen and oxygen atoms in total. The maximum atomic E-state index is 12.4. The van der Waals surface area contributed by atoms with Gasteiger partial charge in [0.1, 0.15) is 9.96 Å². The molecule has 3 N–H and O–H groups in total. The van der Waals surface area contributed by atoms with Crippen LogP contribution in [-0.4, -0.2) is 15.5 Å². The normalized spacial score (nSPS) is 11.3. The van der Waals surface area contributed by atoms with E-state index in [-0.39, 0.29) is 4.21 Å². The number of hydrogen-bond acceptors (Lipinski definition) is 5. The number of nitrogens with one attached hydrogen (secondary N) is 1. The molecule has 1 aromatic carbocycles. The van der Waals surface area contributed by atoms with Crippen molar-refractivity contribution < 1.29 is 13.2 Å². The molecule has 0 amide bonds. The minimum absolute atomic E-state index is 0.251. The average molecular weight is 312 g/mol. The smallest absolute Gasteiger partial charge is 0.271 e. The van der Waals surface area contributed by atoms with Gasteiger partial charge in [-0.15, -0.1) is 11.3 Å². The van der Waals surface area contributed by atoms with E-state index in [0.29, 0.717) is 18.0 Å². The molecule has 0 fully saturated rings. The number of para-hydroxylation sites is 2. The molecule has 1 heterocycles. The summed E-state index contributed by atoms with van der Waals surface area (Å²) in [6.45, 7) is 2.18. The third-order valence-corrected chi connectivity index (χ3v) is 5.90. The Morgan fingerprint density at radius 3 is 2.65 bits per heavy atom. The summed E-state index contributed by atoms with van der Waals surface area (Å²) < 4.78 is 32.6. The summed E-state index contributed by atoms with van der Waals surface area (Å²) in [4.78, 5) is 0.866. The van der Waals surface area contributed by atoms with Gasteiger partial charge in [-0.1, -0.05) is 12.1 Å². The Morgan fingerprint density at radius 2 is 2.05 bits per heavy atom. The van der Waals surface area contributed by atoms with Gasteiger partial charge in [0.2, 0.25) is 0 Å². The number of ether oxygens (including phenoxy) is 1. The van der Waals surface area contributed by atoms with Gasteiger partial charge >= 0.3 is 0 Å². The molecule has 1 aromatic heterocycles. The van der Waals surface area contributed by atoms with E-state index in [9.17, 15) is 8.42 Å². The number of aryl methyl sites for hydroxylation is 1. The fraction of sp³-hybridized carbons (Fsp3) is 0.231. The van der Waals surface area contributed by atoms with Crippen molar-refractivity contribution >= 4 is 27.0 Å². The van der Waals surface area contributed by atoms with Gasteiger partial charge in [0, 0.05) is 11.4 Å². The second-order valence-electron chi connectivity index (χ2n) is 4.18. The summed E-state index contributed by atoms with van der Waals surface area (Å²) in [5.41, 5.74) is 6.88. The highest BCUT2D eigenvalue weighted by atomic mass is 32.2. The molecule has 0 aliphatic heterocycles. The predicted octanol–water partition coefficient (Wildman–Crippen LogP) is 2.32. The molecule has 0 atom stereocenters. The largest absolute Gasteiger partial charge is 0.495 e. The number of nitrogens with two attached hydrogens (primary N) is 1. The lowest BCUT2D eigenvalue weighted by molar-refractivity contribution is 0.417. The first kappa shape index (κ1) is 14.8. The first-order valence-electron chi connectivity index (χ1n) is 5.93. The van der Waals surface area contributed by atoms with Gasteiger partial charge < -0.3 is 10.5 Å². The van der Waals surface area contributed by atoms with Crippen LogP contribution >= 0.6 is 11.3 Å². The molecule has 0 saturated carbocycles. The molecule has 20 heavy (non-hydrogen) atoms. The highest BCUT2D eigenvalue weighted by Crippen LogP contribution is 2.30. The summed E-state index contributed by atoms with van der Waals surface area (Å²) in [6, 6.07) is 8.50. The Kier molecular flexibility index (Phi) is 4.32. The molecule has 0 unspecified atom stereocenters. The number of methoxy groups -OCH3 is 1. The zero-order chi connectivity index (χ0) is 14.8. The second kappa shape index (κ2) is 5.82. The van der Waals surface area contributed by atoms with Crippen LogP contribution in [0.4, 0.5) is 5.69 Å². The molecule has 0 saturated heterocycles. The fourth-order valence-corrected chi connectivity index (χ4v) is 4.29. The number of benzene rings is 1. The lowest BCUT2D eigenvalue weighted by Gasteiger charge is -2.10. The molecule has 7 heteroatoms. The minimum Gasteiger partial charge on any atom is -0.495 e. The van der Waals surface area contributed by atoms with Crippen LogP contribution in [0.3, 0.4) is 0 Å². The van der Waals surface area contributed by atoms with Crippen LogP contribution in [0, 0.1) is 6.92 Å². The van der Waals surface area contributed by atoms with Crippen LogP contribution in [0.15, 0.2) is 34.5 Å². The van der Waals surface area contributed by atoms with Gasteiger partial charge in [0.15, 0.2) is 0 Å². The lowest BCUT2D eigenvalue weighted by atomic mass is 10.3. The molecular weight excluding hydrogens is 296 g/mol. The average Bonchev–Trinajstić information content (AvgIpc) is 2.81. The van der Waals surface area contributed by atoms with Gasteiger partial charge in [0.05, 0.1) is 12.8 Å². The summed E-state index contributed by atoms with van der Waals surface area (Å²) >= 11 is 1.18. The van der Waals surface area contributed by atoms with Crippen molar-refractivity contribution in [3.63, 3.8) is 0 Å². The van der Waals surface area contributed by atoms with E-state index >= 15 is 0 Å². The Hall–Kier alpha value is -1.57. The zero-order valence-electron chi connectivity index (χ0n) is 11.2. The summed E-state index contributed by atoms with van der Waals surface area (Å²) in [7, 11) is -2.13. The van der Waals surface area contributed by atoms with Crippen LogP contribution in [0.2, 0.25) is 0 Å². The summed E-state index contributed by atoms with van der Waals surface area (Å²) in [5, 5.41) is 0. The molecule has 2 rings (SSSR count). The van der Waals surface area contributed by atoms with Crippen molar-refractivity contribution in [3.8, 4) is 5.75 Å². The Morgan fingerprint density at radius 1 is 1.35 bits per heavy atom. The highest BCUT2D eigenvalue weighted by Gasteiger charge is 2.20. The van der Waals surface area contributed by atoms with Gasteiger partial charge in [-0.3, -0.25) is 4.72 Å². The molecular formula is C13H16N2O3S2. The van der Waals surface area contributed by atoms with Crippen LogP contribution in [-0.2, 0) is 16.6 Å². The van der Waals surface area contributed by atoms with Crippen LogP contribution in [0.1, 0.15) is 10.4 Å². The maximum absolute atomic E-state index is 12.4. The molecule has 0 radical (unpaired) electrons. The molecule has 0 aliphatic rings. The van der Waals surface area contributed by atoms with E-state index in [2.05, 4.69) is 4.72 Å². The summed E-state index contributed by atoms with van der Waals surface area (Å²) in [5.74, 6) is 0.475. The second-order valence-corrected chi connectivity index (χ2v) is 7.23. The van der Waals surface area contributed by atoms with Crippen LogP contribution in [0.25, 0.3) is 0 Å². The number of rotatable bonds is 5. The van der Waals surface area contributed by atoms with Crippen molar-refractivity contribution in [2.45, 2.75) is 17.7 Å². The third kappa shape index (κ3) is 2.95. The Bertz CT molecular complexity index is 708. The maximum Gasteiger partial charge on any atom is 0.271 e. The molecule has 108 valence electrons. The number of thiophene rings is 1. The van der Waals surface area contributed by atoms with Crippen molar-refractivity contribution in [2.75, 3.05) is 11.8 Å². The molecule has 0 spiro atoms. The first-order chi connectivity index (χ1) is 9.47. The van der Waals surface area contributed by atoms with E-state index < -0.39 is 10.0 Å². The molecule has 0 bridgehead atoms. The van der Waals surface area contributed by atoms with Crippen molar-refractivity contribution in [3.05, 3.63) is 40.8 Å². The van der Waals surface area contributed by atoms with E-state index in [1.165, 1.54) is 18.4 Å². The van der Waals surface area contributed by atoms with E-state index in [1.807, 2.05) is 6.92 Å². The van der Waals surface area contributed by atoms with Gasteiger partial charge in [-0.2, -0.15) is 0 Å². The molecule has 2 aromatic rings. The van der Waals surface area contributed by atoms with Crippen LogP contribution in [0.5, 0.6) is 5.75 Å². The summed E-state index contributed by atoms with van der Waals surface area (Å²) in [6.07, 6.45) is 0. The van der Waals surface area contributed by atoms with E-state index in [1.54, 1.807) is 30.3 Å². The van der Waals surface area contributed by atoms with Gasteiger partial charge in [0.25, 0.3) is 10.0 Å². The van der Waals surface area contributed by atoms with Gasteiger partial charge in [-0.25, -0.2) is 8.42 Å². The minimum atomic E-state index is -3.62. The standard InChI is InChI=1S/C13H16N2O3S2/c1-9-7-13(19-12(9)8-14)20(16,17)15-10-5-3-4-6-11(10)18-2/h3-7,15H,8,14H2,1-2H3. The van der Waals surface area contributed by atoms with E-state index in [4.69, 9.17) is 10.5 Å². The lowest BCUT2D eigenvalue weighted by Crippen LogP contribution is -2.12. The predicted molar refractivity (Wildman–Crippen MR) is 80.7 cm³/mol. The van der Waals surface area contributed by atoms with Crippen LogP contribution < -0.4 is 15.2 Å². The Labute approximate surface area is 122 Å². The Balaban J connectivity index is 2.35. The monoisotopic (exact) mass is 312 g/mol. The highest BCUT2D eigenvalue weighted by molar-refractivity contribution is 7.94. The SMILES string of the molecule is COc1ccccc1NS(=O)(=O)c1cc(C)c(CN)s1. The fourth-order valence-electron chi connectivity index (χ4n) is 1.75. The topological polar surface area (TPSA) is 81.4 Å². The van der Waals surface area contributed by atoms with Crippen molar-refractivity contribution in [1.82, 2.24) is 0 Å². The first-order valence-corrected chi connectivity index (χ1v) is 8.23. The number of hydrogen-bond donors (Lipinski definition) is 2. The van der Waals surface area contributed by atoms with Gasteiger partial charge in [-0.05, 0) is 30.7 Å². The quantitative estimate of drug-likeness (QED) is 0.888. The zero-order valence-corrected chi connectivity index (χ0v) is 12.8. The van der Waals surface area contributed by atoms with E-state index in [0.717, 1.165) is 10.4 Å².